The first-order chi connectivity index (χ1) is 12.7. The van der Waals surface area contributed by atoms with Gasteiger partial charge in [0.2, 0.25) is 0 Å². The zero-order chi connectivity index (χ0) is 18.2. The van der Waals surface area contributed by atoms with E-state index in [1.54, 1.807) is 24.5 Å². The monoisotopic (exact) mass is 351 g/mol. The van der Waals surface area contributed by atoms with Gasteiger partial charge in [0.05, 0.1) is 12.3 Å². The van der Waals surface area contributed by atoms with Crippen molar-refractivity contribution >= 4 is 5.91 Å². The van der Waals surface area contributed by atoms with Gasteiger partial charge in [0.25, 0.3) is 5.91 Å². The smallest absolute Gasteiger partial charge is 0.258 e. The summed E-state index contributed by atoms with van der Waals surface area (Å²) in [6, 6.07) is 20.6. The third kappa shape index (κ3) is 5.14. The highest BCUT2D eigenvalue weighted by atomic mass is 16.5. The van der Waals surface area contributed by atoms with Gasteiger partial charge < -0.3 is 19.2 Å². The minimum Gasteiger partial charge on any atom is -0.489 e. The van der Waals surface area contributed by atoms with Crippen LogP contribution in [0, 0.1) is 0 Å². The molecule has 0 aliphatic heterocycles. The van der Waals surface area contributed by atoms with Crippen LogP contribution in [0.15, 0.2) is 77.4 Å². The second-order valence-electron chi connectivity index (χ2n) is 5.84. The molecule has 1 heterocycles. The zero-order valence-electron chi connectivity index (χ0n) is 14.6. The number of ether oxygens (including phenoxy) is 2. The van der Waals surface area contributed by atoms with E-state index in [4.69, 9.17) is 13.9 Å². The Morgan fingerprint density at radius 2 is 1.65 bits per heavy atom. The topological polar surface area (TPSA) is 60.7 Å². The maximum atomic E-state index is 11.9. The molecule has 3 aromatic rings. The van der Waals surface area contributed by atoms with Crippen LogP contribution in [0.25, 0.3) is 0 Å². The summed E-state index contributed by atoms with van der Waals surface area (Å²) >= 11 is 0. The standard InChI is InChI=1S/C21H21NO4/c1-16(20-8-5-13-24-20)22-21(23)15-26-19-11-9-18(10-12-19)25-14-17-6-3-2-4-7-17/h2-13,16H,14-15H2,1H3,(H,22,23). The molecule has 0 bridgehead atoms. The second-order valence-corrected chi connectivity index (χ2v) is 5.84. The average Bonchev–Trinajstić information content (AvgIpc) is 3.21. The lowest BCUT2D eigenvalue weighted by Gasteiger charge is -2.12. The Labute approximate surface area is 152 Å². The summed E-state index contributed by atoms with van der Waals surface area (Å²) in [5, 5.41) is 2.82. The van der Waals surface area contributed by atoms with E-state index in [0.717, 1.165) is 11.3 Å². The molecule has 3 rings (SSSR count). The van der Waals surface area contributed by atoms with Gasteiger partial charge in [0.15, 0.2) is 6.61 Å². The molecule has 1 unspecified atom stereocenters. The number of benzene rings is 2. The van der Waals surface area contributed by atoms with Crippen LogP contribution in [0.3, 0.4) is 0 Å². The van der Waals surface area contributed by atoms with Crippen LogP contribution in [0.2, 0.25) is 0 Å². The Morgan fingerprint density at radius 1 is 0.962 bits per heavy atom. The number of carbonyl (C=O) groups excluding carboxylic acids is 1. The molecule has 1 N–H and O–H groups in total. The summed E-state index contributed by atoms with van der Waals surface area (Å²) in [5.41, 5.74) is 1.11. The van der Waals surface area contributed by atoms with E-state index in [-0.39, 0.29) is 18.6 Å². The largest absolute Gasteiger partial charge is 0.489 e. The molecule has 5 heteroatoms. The van der Waals surface area contributed by atoms with Crippen molar-refractivity contribution in [3.8, 4) is 11.5 Å². The third-order valence-electron chi connectivity index (χ3n) is 3.79. The van der Waals surface area contributed by atoms with Crippen molar-refractivity contribution in [2.75, 3.05) is 6.61 Å². The van der Waals surface area contributed by atoms with Gasteiger partial charge in [-0.3, -0.25) is 4.79 Å². The van der Waals surface area contributed by atoms with Gasteiger partial charge in [-0.15, -0.1) is 0 Å². The van der Waals surface area contributed by atoms with Crippen molar-refractivity contribution in [1.29, 1.82) is 0 Å². The van der Waals surface area contributed by atoms with Crippen molar-refractivity contribution in [2.24, 2.45) is 0 Å². The SMILES string of the molecule is CC(NC(=O)COc1ccc(OCc2ccccc2)cc1)c1ccco1. The summed E-state index contributed by atoms with van der Waals surface area (Å²) in [4.78, 5) is 11.9. The molecule has 0 radical (unpaired) electrons. The number of rotatable bonds is 8. The number of nitrogens with one attached hydrogen (secondary N) is 1. The summed E-state index contributed by atoms with van der Waals surface area (Å²) in [6.07, 6.45) is 1.58. The molecule has 0 aliphatic rings. The van der Waals surface area contributed by atoms with Crippen LogP contribution in [-0.4, -0.2) is 12.5 Å². The quantitative estimate of drug-likeness (QED) is 0.663. The van der Waals surface area contributed by atoms with Crippen molar-refractivity contribution in [2.45, 2.75) is 19.6 Å². The van der Waals surface area contributed by atoms with Crippen LogP contribution in [-0.2, 0) is 11.4 Å². The Hall–Kier alpha value is -3.21. The molecule has 0 spiro atoms. The van der Waals surface area contributed by atoms with Crippen LogP contribution < -0.4 is 14.8 Å². The minimum atomic E-state index is -0.210. The van der Waals surface area contributed by atoms with Crippen LogP contribution in [0.1, 0.15) is 24.3 Å². The highest BCUT2D eigenvalue weighted by Gasteiger charge is 2.12. The van der Waals surface area contributed by atoms with E-state index in [1.807, 2.05) is 55.5 Å². The minimum absolute atomic E-state index is 0.0603. The molecule has 0 fully saturated rings. The third-order valence-corrected chi connectivity index (χ3v) is 3.79. The first kappa shape index (κ1) is 17.6. The lowest BCUT2D eigenvalue weighted by atomic mass is 10.2. The van der Waals surface area contributed by atoms with Gasteiger partial charge in [-0.05, 0) is 48.9 Å². The summed E-state index contributed by atoms with van der Waals surface area (Å²) in [7, 11) is 0. The van der Waals surface area contributed by atoms with Crippen molar-refractivity contribution < 1.29 is 18.7 Å². The maximum Gasteiger partial charge on any atom is 0.258 e. The molecule has 5 nitrogen and oxygen atoms in total. The predicted molar refractivity (Wildman–Crippen MR) is 98.0 cm³/mol. The van der Waals surface area contributed by atoms with Crippen molar-refractivity contribution in [1.82, 2.24) is 5.32 Å². The Morgan fingerprint density at radius 3 is 2.31 bits per heavy atom. The molecule has 0 aliphatic carbocycles. The van der Waals surface area contributed by atoms with Gasteiger partial charge in [0, 0.05) is 0 Å². The van der Waals surface area contributed by atoms with Crippen LogP contribution in [0.5, 0.6) is 11.5 Å². The van der Waals surface area contributed by atoms with Gasteiger partial charge in [0.1, 0.15) is 23.9 Å². The maximum absolute atomic E-state index is 11.9. The Balaban J connectivity index is 1.43. The van der Waals surface area contributed by atoms with E-state index >= 15 is 0 Å². The van der Waals surface area contributed by atoms with E-state index in [1.165, 1.54) is 0 Å². The first-order valence-electron chi connectivity index (χ1n) is 8.43. The number of carbonyl (C=O) groups is 1. The molecule has 0 saturated heterocycles. The highest BCUT2D eigenvalue weighted by molar-refractivity contribution is 5.77. The molecule has 2 aromatic carbocycles. The van der Waals surface area contributed by atoms with Gasteiger partial charge in [-0.2, -0.15) is 0 Å². The van der Waals surface area contributed by atoms with Crippen LogP contribution >= 0.6 is 0 Å². The highest BCUT2D eigenvalue weighted by Crippen LogP contribution is 2.19. The molecule has 1 atom stereocenters. The molecular weight excluding hydrogens is 330 g/mol. The van der Waals surface area contributed by atoms with Crippen molar-refractivity contribution in [3.05, 3.63) is 84.3 Å². The predicted octanol–water partition coefficient (Wildman–Crippen LogP) is 4.11. The van der Waals surface area contributed by atoms with E-state index < -0.39 is 0 Å². The van der Waals surface area contributed by atoms with Gasteiger partial charge >= 0.3 is 0 Å². The fourth-order valence-corrected chi connectivity index (χ4v) is 2.41. The fraction of sp³-hybridized carbons (Fsp3) is 0.190. The van der Waals surface area contributed by atoms with Gasteiger partial charge in [-0.25, -0.2) is 0 Å². The molecule has 1 aromatic heterocycles. The lowest BCUT2D eigenvalue weighted by Crippen LogP contribution is -2.31. The zero-order valence-corrected chi connectivity index (χ0v) is 14.6. The first-order valence-corrected chi connectivity index (χ1v) is 8.43. The lowest BCUT2D eigenvalue weighted by molar-refractivity contribution is -0.123. The number of hydrogen-bond acceptors (Lipinski definition) is 4. The fourth-order valence-electron chi connectivity index (χ4n) is 2.41. The van der Waals surface area contributed by atoms with Crippen molar-refractivity contribution in [3.63, 3.8) is 0 Å². The number of hydrogen-bond donors (Lipinski definition) is 1. The average molecular weight is 351 g/mol. The Kier molecular flexibility index (Phi) is 5.93. The molecule has 0 saturated carbocycles. The molecule has 134 valence electrons. The normalized spacial score (nSPS) is 11.6. The Bertz CT molecular complexity index is 798. The molecular formula is C21H21NO4. The van der Waals surface area contributed by atoms with Crippen LogP contribution in [0.4, 0.5) is 0 Å². The van der Waals surface area contributed by atoms with Gasteiger partial charge in [-0.1, -0.05) is 30.3 Å². The summed E-state index contributed by atoms with van der Waals surface area (Å²) in [6.45, 7) is 2.30. The molecule has 1 amide bonds. The van der Waals surface area contributed by atoms with E-state index in [9.17, 15) is 4.79 Å². The second kappa shape index (κ2) is 8.76. The summed E-state index contributed by atoms with van der Waals surface area (Å²) in [5.74, 6) is 1.85. The number of furan rings is 1. The molecule has 26 heavy (non-hydrogen) atoms. The van der Waals surface area contributed by atoms with E-state index in [0.29, 0.717) is 18.1 Å². The summed E-state index contributed by atoms with van der Waals surface area (Å²) < 4.78 is 16.5. The number of amides is 1. The van der Waals surface area contributed by atoms with E-state index in [2.05, 4.69) is 5.32 Å².